The zero-order chi connectivity index (χ0) is 22.2. The van der Waals surface area contributed by atoms with Gasteiger partial charge >= 0.3 is 0 Å². The maximum Gasteiger partial charge on any atom is 0.275 e. The average molecular weight is 424 g/mol. The molecule has 0 aliphatic carbocycles. The van der Waals surface area contributed by atoms with Gasteiger partial charge in [0.15, 0.2) is 0 Å². The van der Waals surface area contributed by atoms with E-state index in [-0.39, 0.29) is 18.0 Å². The molecule has 1 aromatic heterocycles. The molecule has 160 valence electrons. The van der Waals surface area contributed by atoms with Gasteiger partial charge in [0.25, 0.3) is 5.56 Å². The van der Waals surface area contributed by atoms with Crippen LogP contribution in [0.2, 0.25) is 0 Å². The molecule has 32 heavy (non-hydrogen) atoms. The van der Waals surface area contributed by atoms with Gasteiger partial charge in [0, 0.05) is 23.2 Å². The minimum absolute atomic E-state index is 0.0874. The highest BCUT2D eigenvalue weighted by Gasteiger charge is 2.24. The lowest BCUT2D eigenvalue weighted by Gasteiger charge is -2.29. The Labute approximate surface area is 186 Å². The van der Waals surface area contributed by atoms with E-state index in [0.29, 0.717) is 11.9 Å². The Morgan fingerprint density at radius 3 is 2.56 bits per heavy atom. The fourth-order valence-electron chi connectivity index (χ4n) is 4.54. The molecule has 0 N–H and O–H groups in total. The number of hydrogen-bond acceptors (Lipinski definition) is 3. The molecule has 0 saturated carbocycles. The summed E-state index contributed by atoms with van der Waals surface area (Å²) in [5.41, 5.74) is 5.77. The molecule has 0 atom stereocenters. The van der Waals surface area contributed by atoms with Crippen molar-refractivity contribution in [1.29, 1.82) is 0 Å². The second kappa shape index (κ2) is 8.08. The second-order valence-electron chi connectivity index (χ2n) is 8.45. The predicted octanol–water partition coefficient (Wildman–Crippen LogP) is 4.66. The van der Waals surface area contributed by atoms with Gasteiger partial charge in [-0.15, -0.1) is 0 Å². The minimum atomic E-state index is -0.242. The summed E-state index contributed by atoms with van der Waals surface area (Å²) in [5, 5.41) is 6.10. The smallest absolute Gasteiger partial charge is 0.275 e. The van der Waals surface area contributed by atoms with Crippen LogP contribution in [0.5, 0.6) is 0 Å². The van der Waals surface area contributed by atoms with Crippen LogP contribution in [0.1, 0.15) is 23.1 Å². The highest BCUT2D eigenvalue weighted by atomic mass is 16.2. The number of aromatic nitrogens is 2. The van der Waals surface area contributed by atoms with E-state index in [1.54, 1.807) is 4.90 Å². The number of nitrogens with zero attached hydrogens (tertiary/aromatic N) is 3. The summed E-state index contributed by atoms with van der Waals surface area (Å²) < 4.78 is 1.33. The van der Waals surface area contributed by atoms with Crippen molar-refractivity contribution in [2.24, 2.45) is 0 Å². The third kappa shape index (κ3) is 3.50. The lowest BCUT2D eigenvalue weighted by atomic mass is 9.99. The molecule has 1 aliphatic heterocycles. The van der Waals surface area contributed by atoms with E-state index in [4.69, 9.17) is 5.10 Å². The maximum absolute atomic E-state index is 13.3. The summed E-state index contributed by atoms with van der Waals surface area (Å²) in [6.07, 6.45) is 1.88. The number of carbonyl (C=O) groups excluding carboxylic acids is 1. The second-order valence-corrected chi connectivity index (χ2v) is 8.45. The minimum Gasteiger partial charge on any atom is -0.311 e. The molecule has 3 aromatic carbocycles. The number of benzene rings is 3. The van der Waals surface area contributed by atoms with Crippen LogP contribution in [-0.4, -0.2) is 22.2 Å². The number of amides is 1. The first-order valence-corrected chi connectivity index (χ1v) is 11.0. The Balaban J connectivity index is 1.61. The van der Waals surface area contributed by atoms with Gasteiger partial charge in [-0.1, -0.05) is 54.1 Å². The summed E-state index contributed by atoms with van der Waals surface area (Å²) in [5.74, 6) is -0.117. The van der Waals surface area contributed by atoms with Crippen LogP contribution in [-0.2, 0) is 17.8 Å². The van der Waals surface area contributed by atoms with Gasteiger partial charge < -0.3 is 4.90 Å². The molecule has 0 bridgehead atoms. The third-order valence-corrected chi connectivity index (χ3v) is 6.21. The zero-order valence-electron chi connectivity index (χ0n) is 18.3. The van der Waals surface area contributed by atoms with Crippen LogP contribution in [0.15, 0.2) is 71.5 Å². The number of carbonyl (C=O) groups is 1. The lowest BCUT2D eigenvalue weighted by Crippen LogP contribution is -2.40. The molecule has 1 aliphatic rings. The van der Waals surface area contributed by atoms with E-state index in [0.717, 1.165) is 46.3 Å². The van der Waals surface area contributed by atoms with Gasteiger partial charge in [0.1, 0.15) is 6.54 Å². The van der Waals surface area contributed by atoms with Crippen LogP contribution in [0.25, 0.3) is 22.0 Å². The van der Waals surface area contributed by atoms with Crippen molar-refractivity contribution in [2.75, 3.05) is 11.4 Å². The molecule has 5 nitrogen and oxygen atoms in total. The molecule has 0 fully saturated rings. The molecular formula is C27H25N3O2. The van der Waals surface area contributed by atoms with Gasteiger partial charge in [0.2, 0.25) is 5.91 Å². The van der Waals surface area contributed by atoms with Crippen LogP contribution < -0.4 is 10.5 Å². The first-order chi connectivity index (χ1) is 15.5. The van der Waals surface area contributed by atoms with Gasteiger partial charge in [-0.2, -0.15) is 5.10 Å². The van der Waals surface area contributed by atoms with Gasteiger partial charge in [-0.05, 0) is 56.0 Å². The van der Waals surface area contributed by atoms with Gasteiger partial charge in [-0.25, -0.2) is 4.68 Å². The number of hydrogen-bond donors (Lipinski definition) is 0. The molecule has 2 heterocycles. The van der Waals surface area contributed by atoms with Crippen molar-refractivity contribution in [2.45, 2.75) is 33.2 Å². The van der Waals surface area contributed by atoms with E-state index in [1.807, 2.05) is 56.3 Å². The van der Waals surface area contributed by atoms with Crippen molar-refractivity contribution in [3.05, 3.63) is 93.8 Å². The number of fused-ring (bicyclic) bond motifs is 2. The monoisotopic (exact) mass is 423 g/mol. The summed E-state index contributed by atoms with van der Waals surface area (Å²) in [4.78, 5) is 28.4. The van der Waals surface area contributed by atoms with E-state index >= 15 is 0 Å². The average Bonchev–Trinajstić information content (AvgIpc) is 2.82. The molecule has 5 heteroatoms. The highest BCUT2D eigenvalue weighted by Crippen LogP contribution is 2.29. The Hall–Kier alpha value is -3.73. The summed E-state index contributed by atoms with van der Waals surface area (Å²) >= 11 is 0. The van der Waals surface area contributed by atoms with Crippen molar-refractivity contribution in [3.8, 4) is 11.3 Å². The number of anilines is 1. The van der Waals surface area contributed by atoms with Gasteiger partial charge in [0.05, 0.1) is 11.1 Å². The first-order valence-electron chi connectivity index (χ1n) is 11.0. The van der Waals surface area contributed by atoms with Crippen LogP contribution in [0.3, 0.4) is 0 Å². The third-order valence-electron chi connectivity index (χ3n) is 6.21. The van der Waals surface area contributed by atoms with E-state index in [9.17, 15) is 9.59 Å². The highest BCUT2D eigenvalue weighted by molar-refractivity contribution is 5.96. The van der Waals surface area contributed by atoms with Crippen LogP contribution >= 0.6 is 0 Å². The normalized spacial score (nSPS) is 13.2. The fourth-order valence-corrected chi connectivity index (χ4v) is 4.54. The van der Waals surface area contributed by atoms with Crippen molar-refractivity contribution >= 4 is 22.4 Å². The first kappa shape index (κ1) is 20.2. The molecule has 5 rings (SSSR count). The Morgan fingerprint density at radius 2 is 1.72 bits per heavy atom. The van der Waals surface area contributed by atoms with Crippen LogP contribution in [0, 0.1) is 13.8 Å². The fraction of sp³-hybridized carbons (Fsp3) is 0.222. The molecule has 1 amide bonds. The Kier molecular flexibility index (Phi) is 5.10. The SMILES string of the molecule is Cc1ccc(C)c(-c2nn(CC(=O)N3CCCc4ccccc43)c(=O)c3ccccc23)c1. The molecular weight excluding hydrogens is 398 g/mol. The lowest BCUT2D eigenvalue weighted by molar-refractivity contribution is -0.119. The topological polar surface area (TPSA) is 55.2 Å². The number of para-hydroxylation sites is 1. The summed E-state index contributed by atoms with van der Waals surface area (Å²) in [7, 11) is 0. The predicted molar refractivity (Wildman–Crippen MR) is 128 cm³/mol. The summed E-state index contributed by atoms with van der Waals surface area (Å²) in [6.45, 7) is 4.65. The van der Waals surface area contributed by atoms with Crippen molar-refractivity contribution in [3.63, 3.8) is 0 Å². The van der Waals surface area contributed by atoms with Crippen LogP contribution in [0.4, 0.5) is 5.69 Å². The van der Waals surface area contributed by atoms with E-state index in [1.165, 1.54) is 10.2 Å². The summed E-state index contributed by atoms with van der Waals surface area (Å²) in [6, 6.07) is 21.7. The maximum atomic E-state index is 13.3. The molecule has 4 aromatic rings. The standard InChI is InChI=1S/C27H25N3O2/c1-18-13-14-19(2)23(16-18)26-21-10-4-5-11-22(21)27(32)30(28-26)17-25(31)29-15-7-9-20-8-3-6-12-24(20)29/h3-6,8,10-14,16H,7,9,15,17H2,1-2H3. The largest absolute Gasteiger partial charge is 0.311 e. The molecule has 0 unspecified atom stereocenters. The van der Waals surface area contributed by atoms with E-state index < -0.39 is 0 Å². The Morgan fingerprint density at radius 1 is 0.969 bits per heavy atom. The quantitative estimate of drug-likeness (QED) is 0.482. The Bertz CT molecular complexity index is 1400. The van der Waals surface area contributed by atoms with Gasteiger partial charge in [-0.3, -0.25) is 9.59 Å². The molecule has 0 radical (unpaired) electrons. The number of aryl methyl sites for hydroxylation is 3. The van der Waals surface area contributed by atoms with E-state index in [2.05, 4.69) is 24.3 Å². The molecule has 0 saturated heterocycles. The van der Waals surface area contributed by atoms with Crippen molar-refractivity contribution < 1.29 is 4.79 Å². The zero-order valence-corrected chi connectivity index (χ0v) is 18.3. The van der Waals surface area contributed by atoms with Crippen molar-refractivity contribution in [1.82, 2.24) is 9.78 Å². The molecule has 0 spiro atoms. The number of rotatable bonds is 3.